The van der Waals surface area contributed by atoms with Crippen molar-refractivity contribution in [1.82, 2.24) is 23.9 Å². The van der Waals surface area contributed by atoms with Crippen molar-refractivity contribution in [2.45, 2.75) is 61.1 Å². The third-order valence-electron chi connectivity index (χ3n) is 7.93. The average Bonchev–Trinajstić information content (AvgIpc) is 3.70. The van der Waals surface area contributed by atoms with Crippen LogP contribution < -0.4 is 16.8 Å². The molecule has 4 heterocycles. The van der Waals surface area contributed by atoms with E-state index in [2.05, 4.69) is 47.1 Å². The molecule has 2 aromatic heterocycles. The molecule has 0 unspecified atom stereocenters. The van der Waals surface area contributed by atoms with Gasteiger partial charge in [-0.1, -0.05) is 35.9 Å². The summed E-state index contributed by atoms with van der Waals surface area (Å²) in [6.45, 7) is 6.59. The molecule has 2 aromatic carbocycles. The van der Waals surface area contributed by atoms with Crippen molar-refractivity contribution in [3.8, 4) is 0 Å². The number of benzene rings is 2. The molecule has 4 aromatic rings. The second-order valence-electron chi connectivity index (χ2n) is 12.7. The number of ether oxygens (including phenoxy) is 1. The molecule has 2 aliphatic heterocycles. The molecule has 2 fully saturated rings. The van der Waals surface area contributed by atoms with Gasteiger partial charge in [-0.15, -0.1) is 0 Å². The van der Waals surface area contributed by atoms with Crippen LogP contribution in [0.3, 0.4) is 0 Å². The van der Waals surface area contributed by atoms with Crippen LogP contribution in [0.1, 0.15) is 33.6 Å². The average molecular weight is 862 g/mol. The van der Waals surface area contributed by atoms with Gasteiger partial charge in [-0.05, 0) is 77.6 Å². The Labute approximate surface area is 307 Å². The van der Waals surface area contributed by atoms with Crippen LogP contribution in [0.25, 0.3) is 21.5 Å². The number of rotatable bonds is 5. The highest BCUT2D eigenvalue weighted by Gasteiger charge is 2.36. The molecule has 264 valence electrons. The smallest absolute Gasteiger partial charge is 0.407 e. The lowest BCUT2D eigenvalue weighted by atomic mass is 10.1. The van der Waals surface area contributed by atoms with Crippen molar-refractivity contribution in [1.29, 1.82) is 0 Å². The first-order valence-corrected chi connectivity index (χ1v) is 20.1. The lowest BCUT2D eigenvalue weighted by Crippen LogP contribution is -2.41. The predicted molar refractivity (Wildman–Crippen MR) is 196 cm³/mol. The maximum absolute atomic E-state index is 13.3. The van der Waals surface area contributed by atoms with E-state index in [-0.39, 0.29) is 33.6 Å². The SMILES string of the molecule is CC(C)(C)OC(=O)N[C@H]1CCN(S(=O)(=O)c2cccc3c(Cl)ncc(Br)c23)C1.Nc1ncc(Br)c2c(S(=O)(=O)N3CC[C@H](N)C3)cccc12. The molecule has 1 amide bonds. The van der Waals surface area contributed by atoms with E-state index in [9.17, 15) is 21.6 Å². The zero-order chi connectivity index (χ0) is 35.9. The second kappa shape index (κ2) is 14.5. The van der Waals surface area contributed by atoms with Gasteiger partial charge in [0, 0.05) is 81.1 Å². The number of alkyl carbamates (subject to hydrolysis) is 1. The molecule has 2 atom stereocenters. The minimum absolute atomic E-state index is 0.107. The van der Waals surface area contributed by atoms with E-state index >= 15 is 0 Å². The van der Waals surface area contributed by atoms with Crippen LogP contribution in [-0.2, 0) is 24.8 Å². The van der Waals surface area contributed by atoms with E-state index in [4.69, 9.17) is 27.8 Å². The van der Waals surface area contributed by atoms with Crippen molar-refractivity contribution in [3.05, 3.63) is 62.9 Å². The van der Waals surface area contributed by atoms with E-state index in [1.807, 2.05) is 0 Å². The Hall–Kier alpha value is -2.64. The van der Waals surface area contributed by atoms with Crippen LogP contribution in [0, 0.1) is 0 Å². The number of amides is 1. The number of aromatic nitrogens is 2. The Kier molecular flexibility index (Phi) is 11.2. The number of pyridine rings is 2. The van der Waals surface area contributed by atoms with Crippen molar-refractivity contribution in [2.75, 3.05) is 31.9 Å². The molecule has 0 spiro atoms. The summed E-state index contributed by atoms with van der Waals surface area (Å²) in [5.41, 5.74) is 11.1. The minimum atomic E-state index is -3.78. The van der Waals surface area contributed by atoms with Gasteiger partial charge in [-0.2, -0.15) is 8.61 Å². The lowest BCUT2D eigenvalue weighted by Gasteiger charge is -2.22. The standard InChI is InChI=1S/C18H21BrClN3O4S.C13H15BrN4O2S/c1-18(2,3)27-17(24)22-11-7-8-23(10-11)28(25,26)14-6-4-5-12-15(14)13(19)9-21-16(12)20;14-10-6-17-13(16)9-2-1-3-11(12(9)10)21(19,20)18-5-4-8(15)7-18/h4-6,9,11H,7-8,10H2,1-3H3,(H,22,24);1-3,6,8H,4-5,7,15H2,(H2,16,17)/t11-;8-/m00/s1. The van der Waals surface area contributed by atoms with Crippen LogP contribution >= 0.6 is 43.5 Å². The number of nitrogens with two attached hydrogens (primary N) is 2. The van der Waals surface area contributed by atoms with E-state index < -0.39 is 31.7 Å². The van der Waals surface area contributed by atoms with Gasteiger partial charge in [0.1, 0.15) is 16.6 Å². The highest BCUT2D eigenvalue weighted by atomic mass is 79.9. The predicted octanol–water partition coefficient (Wildman–Crippen LogP) is 5.24. The Bertz CT molecular complexity index is 2130. The molecule has 18 heteroatoms. The van der Waals surface area contributed by atoms with E-state index in [1.54, 1.807) is 57.2 Å². The Morgan fingerprint density at radius 2 is 1.43 bits per heavy atom. The number of sulfonamides is 2. The van der Waals surface area contributed by atoms with E-state index in [0.29, 0.717) is 68.8 Å². The zero-order valence-electron chi connectivity index (χ0n) is 26.9. The molecule has 0 saturated carbocycles. The van der Waals surface area contributed by atoms with Crippen LogP contribution in [0.4, 0.5) is 10.6 Å². The Balaban J connectivity index is 0.000000199. The molecular formula is C31H36Br2ClN7O6S2. The van der Waals surface area contributed by atoms with Gasteiger partial charge in [0.15, 0.2) is 0 Å². The topological polar surface area (TPSA) is 191 Å². The summed E-state index contributed by atoms with van der Waals surface area (Å²) in [6, 6.07) is 9.53. The molecule has 0 bridgehead atoms. The number of nitrogens with zero attached hydrogens (tertiary/aromatic N) is 4. The van der Waals surface area contributed by atoms with Crippen molar-refractivity contribution < 1.29 is 26.4 Å². The molecule has 2 aliphatic rings. The van der Waals surface area contributed by atoms with Gasteiger partial charge in [0.05, 0.1) is 9.79 Å². The zero-order valence-corrected chi connectivity index (χ0v) is 32.4. The normalized spacial score (nSPS) is 19.2. The second-order valence-corrected chi connectivity index (χ2v) is 18.5. The maximum Gasteiger partial charge on any atom is 0.407 e. The number of hydrogen-bond donors (Lipinski definition) is 3. The fourth-order valence-electron chi connectivity index (χ4n) is 5.67. The van der Waals surface area contributed by atoms with Crippen molar-refractivity contribution in [2.24, 2.45) is 5.73 Å². The van der Waals surface area contributed by atoms with Gasteiger partial charge >= 0.3 is 6.09 Å². The highest BCUT2D eigenvalue weighted by molar-refractivity contribution is 9.11. The first kappa shape index (κ1) is 37.6. The first-order chi connectivity index (χ1) is 22.9. The summed E-state index contributed by atoms with van der Waals surface area (Å²) in [4.78, 5) is 20.4. The third-order valence-corrected chi connectivity index (χ3v) is 13.3. The number of nitrogen functional groups attached to an aromatic ring is 1. The van der Waals surface area contributed by atoms with Crippen LogP contribution in [0.15, 0.2) is 67.5 Å². The summed E-state index contributed by atoms with van der Waals surface area (Å²) in [7, 11) is -7.38. The number of carbonyl (C=O) groups is 1. The van der Waals surface area contributed by atoms with Gasteiger partial charge in [0.2, 0.25) is 20.0 Å². The van der Waals surface area contributed by atoms with Crippen LogP contribution in [-0.4, -0.2) is 85.4 Å². The highest BCUT2D eigenvalue weighted by Crippen LogP contribution is 2.36. The fourth-order valence-corrected chi connectivity index (χ4v) is 10.7. The fraction of sp³-hybridized carbons (Fsp3) is 0.387. The van der Waals surface area contributed by atoms with E-state index in [1.165, 1.54) is 21.0 Å². The van der Waals surface area contributed by atoms with Crippen molar-refractivity contribution >= 4 is 97.0 Å². The Morgan fingerprint density at radius 1 is 0.898 bits per heavy atom. The van der Waals surface area contributed by atoms with Crippen LogP contribution in [0.5, 0.6) is 0 Å². The van der Waals surface area contributed by atoms with Gasteiger partial charge in [0.25, 0.3) is 0 Å². The number of hydrogen-bond acceptors (Lipinski definition) is 10. The Morgan fingerprint density at radius 3 is 2.00 bits per heavy atom. The number of fused-ring (bicyclic) bond motifs is 2. The van der Waals surface area contributed by atoms with E-state index in [0.717, 1.165) is 0 Å². The molecule has 6 rings (SSSR count). The molecule has 5 N–H and O–H groups in total. The molecule has 2 saturated heterocycles. The summed E-state index contributed by atoms with van der Waals surface area (Å²) in [5.74, 6) is 0.309. The monoisotopic (exact) mass is 859 g/mol. The largest absolute Gasteiger partial charge is 0.444 e. The number of anilines is 1. The maximum atomic E-state index is 13.3. The quantitative estimate of drug-likeness (QED) is 0.224. The number of nitrogens with one attached hydrogen (secondary N) is 1. The third kappa shape index (κ3) is 8.14. The summed E-state index contributed by atoms with van der Waals surface area (Å²) in [5, 5.41) is 5.20. The first-order valence-electron chi connectivity index (χ1n) is 15.2. The molecule has 49 heavy (non-hydrogen) atoms. The number of carbonyl (C=O) groups excluding carboxylic acids is 1. The summed E-state index contributed by atoms with van der Waals surface area (Å²) in [6.07, 6.45) is 3.64. The molecule has 13 nitrogen and oxygen atoms in total. The summed E-state index contributed by atoms with van der Waals surface area (Å²) < 4.78 is 61.4. The van der Waals surface area contributed by atoms with Gasteiger partial charge in [-0.25, -0.2) is 31.6 Å². The molecule has 0 radical (unpaired) electrons. The molecular weight excluding hydrogens is 826 g/mol. The van der Waals surface area contributed by atoms with Gasteiger partial charge < -0.3 is 21.5 Å². The van der Waals surface area contributed by atoms with Crippen LogP contribution in [0.2, 0.25) is 5.15 Å². The molecule has 0 aliphatic carbocycles. The van der Waals surface area contributed by atoms with Gasteiger partial charge in [-0.3, -0.25) is 0 Å². The van der Waals surface area contributed by atoms with Crippen molar-refractivity contribution in [3.63, 3.8) is 0 Å². The lowest BCUT2D eigenvalue weighted by molar-refractivity contribution is 0.0507. The number of halogens is 3. The summed E-state index contributed by atoms with van der Waals surface area (Å²) >= 11 is 12.9. The minimum Gasteiger partial charge on any atom is -0.444 e.